The number of anilines is 1. The van der Waals surface area contributed by atoms with Crippen LogP contribution in [0, 0.1) is 0 Å². The van der Waals surface area contributed by atoms with Gasteiger partial charge in [-0.15, -0.1) is 0 Å². The van der Waals surface area contributed by atoms with Crippen molar-refractivity contribution in [2.24, 2.45) is 0 Å². The van der Waals surface area contributed by atoms with E-state index in [1.165, 1.54) is 23.1 Å². The Morgan fingerprint density at radius 2 is 2.03 bits per heavy atom. The summed E-state index contributed by atoms with van der Waals surface area (Å²) in [4.78, 5) is 26.6. The molecule has 1 heterocycles. The van der Waals surface area contributed by atoms with Gasteiger partial charge in [0.1, 0.15) is 4.32 Å². The van der Waals surface area contributed by atoms with Crippen LogP contribution in [-0.2, 0) is 15.8 Å². The smallest absolute Gasteiger partial charge is 0.416 e. The molecule has 0 aliphatic carbocycles. The SMILES string of the molecule is CCOc1cc(/C=C2\SC(=S)N(CCC(=O)Nc3cccc(C(F)(F)F)c3)C2=O)ccc1O. The lowest BCUT2D eigenvalue weighted by molar-refractivity contribution is -0.137. The monoisotopic (exact) mass is 496 g/mol. The third-order valence-corrected chi connectivity index (χ3v) is 5.87. The number of amides is 2. The Morgan fingerprint density at radius 3 is 2.73 bits per heavy atom. The minimum atomic E-state index is -4.52. The van der Waals surface area contributed by atoms with Gasteiger partial charge < -0.3 is 15.2 Å². The summed E-state index contributed by atoms with van der Waals surface area (Å²) in [5, 5.41) is 12.2. The van der Waals surface area contributed by atoms with Gasteiger partial charge in [-0.1, -0.05) is 36.1 Å². The van der Waals surface area contributed by atoms with Gasteiger partial charge in [0.25, 0.3) is 5.91 Å². The second-order valence-corrected chi connectivity index (χ2v) is 8.55. The summed E-state index contributed by atoms with van der Waals surface area (Å²) < 4.78 is 44.1. The van der Waals surface area contributed by atoms with E-state index in [4.69, 9.17) is 17.0 Å². The van der Waals surface area contributed by atoms with Crippen LogP contribution in [0.5, 0.6) is 11.5 Å². The lowest BCUT2D eigenvalue weighted by Gasteiger charge is -2.14. The van der Waals surface area contributed by atoms with E-state index in [0.717, 1.165) is 23.9 Å². The summed E-state index contributed by atoms with van der Waals surface area (Å²) in [5.74, 6) is -0.670. The number of hydrogen-bond donors (Lipinski definition) is 2. The number of aromatic hydroxyl groups is 1. The molecule has 1 fully saturated rings. The van der Waals surface area contributed by atoms with Gasteiger partial charge in [-0.2, -0.15) is 13.2 Å². The van der Waals surface area contributed by atoms with E-state index < -0.39 is 17.6 Å². The molecule has 0 bridgehead atoms. The van der Waals surface area contributed by atoms with E-state index in [-0.39, 0.29) is 40.4 Å². The van der Waals surface area contributed by atoms with Crippen molar-refractivity contribution in [1.82, 2.24) is 4.90 Å². The van der Waals surface area contributed by atoms with Gasteiger partial charge in [0.15, 0.2) is 11.5 Å². The Balaban J connectivity index is 1.63. The normalized spacial score (nSPS) is 15.3. The van der Waals surface area contributed by atoms with Crippen LogP contribution >= 0.6 is 24.0 Å². The Labute approximate surface area is 197 Å². The molecule has 2 aromatic rings. The predicted octanol–water partition coefficient (Wildman–Crippen LogP) is 5.04. The lowest BCUT2D eigenvalue weighted by Crippen LogP contribution is -2.31. The first-order valence-electron chi connectivity index (χ1n) is 9.76. The Hall–Kier alpha value is -3.05. The highest BCUT2D eigenvalue weighted by molar-refractivity contribution is 8.26. The highest BCUT2D eigenvalue weighted by Crippen LogP contribution is 2.35. The number of thioether (sulfide) groups is 1. The van der Waals surface area contributed by atoms with Crippen LogP contribution in [0.4, 0.5) is 18.9 Å². The number of rotatable bonds is 7. The van der Waals surface area contributed by atoms with Crippen LogP contribution in [-0.4, -0.2) is 39.3 Å². The third kappa shape index (κ3) is 6.26. The summed E-state index contributed by atoms with van der Waals surface area (Å²) in [6.07, 6.45) is -3.07. The largest absolute Gasteiger partial charge is 0.504 e. The van der Waals surface area contributed by atoms with Gasteiger partial charge in [-0.05, 0) is 48.9 Å². The molecule has 1 aliphatic heterocycles. The molecule has 0 unspecified atom stereocenters. The fraction of sp³-hybridized carbons (Fsp3) is 0.227. The van der Waals surface area contributed by atoms with Crippen LogP contribution in [0.15, 0.2) is 47.4 Å². The first-order chi connectivity index (χ1) is 15.6. The maximum Gasteiger partial charge on any atom is 0.416 e. The number of nitrogens with zero attached hydrogens (tertiary/aromatic N) is 1. The fourth-order valence-electron chi connectivity index (χ4n) is 2.95. The summed E-state index contributed by atoms with van der Waals surface area (Å²) in [6, 6.07) is 8.97. The number of ether oxygens (including phenoxy) is 1. The zero-order chi connectivity index (χ0) is 24.2. The second-order valence-electron chi connectivity index (χ2n) is 6.87. The molecule has 2 aromatic carbocycles. The van der Waals surface area contributed by atoms with Crippen molar-refractivity contribution in [2.45, 2.75) is 19.5 Å². The van der Waals surface area contributed by atoms with Crippen molar-refractivity contribution in [2.75, 3.05) is 18.5 Å². The topological polar surface area (TPSA) is 78.9 Å². The quantitative estimate of drug-likeness (QED) is 0.413. The lowest BCUT2D eigenvalue weighted by atomic mass is 10.2. The number of hydrogen-bond acceptors (Lipinski definition) is 6. The number of thiocarbonyl (C=S) groups is 1. The molecule has 0 radical (unpaired) electrons. The van der Waals surface area contributed by atoms with Crippen molar-refractivity contribution in [3.63, 3.8) is 0 Å². The van der Waals surface area contributed by atoms with E-state index in [0.29, 0.717) is 17.1 Å². The van der Waals surface area contributed by atoms with E-state index in [9.17, 15) is 27.9 Å². The highest BCUT2D eigenvalue weighted by atomic mass is 32.2. The fourth-order valence-corrected chi connectivity index (χ4v) is 4.25. The Bertz CT molecular complexity index is 1120. The predicted molar refractivity (Wildman–Crippen MR) is 124 cm³/mol. The Kier molecular flexibility index (Phi) is 7.65. The highest BCUT2D eigenvalue weighted by Gasteiger charge is 2.32. The molecule has 3 rings (SSSR count). The maximum absolute atomic E-state index is 12.8. The average Bonchev–Trinajstić information content (AvgIpc) is 3.01. The van der Waals surface area contributed by atoms with Crippen molar-refractivity contribution >= 4 is 51.9 Å². The summed E-state index contributed by atoms with van der Waals surface area (Å²) >= 11 is 6.31. The van der Waals surface area contributed by atoms with Crippen molar-refractivity contribution in [1.29, 1.82) is 0 Å². The third-order valence-electron chi connectivity index (χ3n) is 4.49. The van der Waals surface area contributed by atoms with Crippen molar-refractivity contribution in [3.8, 4) is 11.5 Å². The molecule has 1 aliphatic rings. The molecule has 0 saturated carbocycles. The number of nitrogens with one attached hydrogen (secondary N) is 1. The van der Waals surface area contributed by atoms with Crippen LogP contribution in [0.25, 0.3) is 6.08 Å². The molecule has 2 amide bonds. The van der Waals surface area contributed by atoms with E-state index >= 15 is 0 Å². The molecule has 6 nitrogen and oxygen atoms in total. The molecule has 2 N–H and O–H groups in total. The number of phenolic OH excluding ortho intramolecular Hbond substituents is 1. The van der Waals surface area contributed by atoms with Gasteiger partial charge in [0.2, 0.25) is 5.91 Å². The molecule has 11 heteroatoms. The molecule has 174 valence electrons. The van der Waals surface area contributed by atoms with Gasteiger partial charge in [-0.25, -0.2) is 0 Å². The number of carbonyl (C=O) groups excluding carboxylic acids is 2. The van der Waals surface area contributed by atoms with Gasteiger partial charge >= 0.3 is 6.18 Å². The molecule has 0 spiro atoms. The molecular formula is C22H19F3N2O4S2. The average molecular weight is 497 g/mol. The van der Waals surface area contributed by atoms with E-state index in [1.807, 2.05) is 0 Å². The second kappa shape index (κ2) is 10.3. The summed E-state index contributed by atoms with van der Waals surface area (Å²) in [5.41, 5.74) is -0.235. The summed E-state index contributed by atoms with van der Waals surface area (Å²) in [6.45, 7) is 2.12. The minimum absolute atomic E-state index is 0.0116. The molecule has 0 atom stereocenters. The number of benzene rings is 2. The van der Waals surface area contributed by atoms with E-state index in [1.54, 1.807) is 25.1 Å². The van der Waals surface area contributed by atoms with Crippen LogP contribution < -0.4 is 10.1 Å². The zero-order valence-corrected chi connectivity index (χ0v) is 18.9. The standard InChI is InChI=1S/C22H19F3N2O4S2/c1-2-31-17-10-13(6-7-16(17)28)11-18-20(30)27(21(32)33-18)9-8-19(29)26-15-5-3-4-14(12-15)22(23,24)25/h3-7,10-12,28H,2,8-9H2,1H3,(H,26,29)/b18-11-. The molecule has 1 saturated heterocycles. The van der Waals surface area contributed by atoms with Gasteiger partial charge in [0, 0.05) is 18.7 Å². The van der Waals surface area contributed by atoms with Crippen LogP contribution in [0.3, 0.4) is 0 Å². The van der Waals surface area contributed by atoms with Crippen molar-refractivity contribution < 1.29 is 32.6 Å². The van der Waals surface area contributed by atoms with Gasteiger partial charge in [-0.3, -0.25) is 14.5 Å². The first-order valence-corrected chi connectivity index (χ1v) is 11.0. The number of carbonyl (C=O) groups is 2. The number of halogens is 3. The minimum Gasteiger partial charge on any atom is -0.504 e. The number of phenols is 1. The van der Waals surface area contributed by atoms with Crippen LogP contribution in [0.1, 0.15) is 24.5 Å². The summed E-state index contributed by atoms with van der Waals surface area (Å²) in [7, 11) is 0. The van der Waals surface area contributed by atoms with Crippen LogP contribution in [0.2, 0.25) is 0 Å². The number of alkyl halides is 3. The Morgan fingerprint density at radius 1 is 1.27 bits per heavy atom. The zero-order valence-electron chi connectivity index (χ0n) is 17.3. The molecular weight excluding hydrogens is 477 g/mol. The first kappa shape index (κ1) is 24.6. The molecule has 33 heavy (non-hydrogen) atoms. The molecule has 0 aromatic heterocycles. The van der Waals surface area contributed by atoms with Crippen molar-refractivity contribution in [3.05, 3.63) is 58.5 Å². The van der Waals surface area contributed by atoms with E-state index in [2.05, 4.69) is 5.32 Å². The maximum atomic E-state index is 12.8. The van der Waals surface area contributed by atoms with Gasteiger partial charge in [0.05, 0.1) is 17.1 Å².